The van der Waals surface area contributed by atoms with E-state index in [1.165, 1.54) is 18.6 Å². The zero-order chi connectivity index (χ0) is 14.0. The molecule has 0 radical (unpaired) electrons. The quantitative estimate of drug-likeness (QED) is 0.756. The van der Waals surface area contributed by atoms with Gasteiger partial charge >= 0.3 is 6.18 Å². The van der Waals surface area contributed by atoms with Crippen LogP contribution in [0, 0.1) is 3.57 Å². The minimum absolute atomic E-state index is 0.146. The number of hydrogen-bond donors (Lipinski definition) is 1. The second-order valence-electron chi connectivity index (χ2n) is 3.54. The van der Waals surface area contributed by atoms with E-state index in [0.717, 1.165) is 12.1 Å². The Hall–Kier alpha value is -1.09. The predicted molar refractivity (Wildman–Crippen MR) is 74.5 cm³/mol. The number of anilines is 2. The highest BCUT2D eigenvalue weighted by Gasteiger charge is 2.31. The van der Waals surface area contributed by atoms with Crippen LogP contribution in [0.25, 0.3) is 0 Å². The van der Waals surface area contributed by atoms with E-state index in [1.54, 1.807) is 0 Å². The summed E-state index contributed by atoms with van der Waals surface area (Å²) in [5.74, 6) is 0.400. The lowest BCUT2D eigenvalue weighted by Crippen LogP contribution is -2.06. The number of nitrogens with zero attached hydrogens (tertiary/aromatic N) is 2. The Morgan fingerprint density at radius 1 is 1.26 bits per heavy atom. The van der Waals surface area contributed by atoms with Gasteiger partial charge in [0.1, 0.15) is 12.1 Å². The molecule has 0 aliphatic carbocycles. The summed E-state index contributed by atoms with van der Waals surface area (Å²) in [6, 6.07) is 3.07. The number of aromatic nitrogens is 2. The fourth-order valence-electron chi connectivity index (χ4n) is 1.33. The standard InChI is InChI=1S/C11H6ClF3IN3/c12-7-2-1-6(11(13,14)15)3-9(7)19-10-8(16)4-17-5-18-10/h1-5H,(H,17,18,19). The highest BCUT2D eigenvalue weighted by Crippen LogP contribution is 2.35. The van der Waals surface area contributed by atoms with Crippen LogP contribution in [0.5, 0.6) is 0 Å². The molecule has 1 heterocycles. The fraction of sp³-hybridized carbons (Fsp3) is 0.0909. The second-order valence-corrected chi connectivity index (χ2v) is 5.11. The topological polar surface area (TPSA) is 37.8 Å². The zero-order valence-electron chi connectivity index (χ0n) is 9.17. The van der Waals surface area contributed by atoms with E-state index >= 15 is 0 Å². The first-order chi connectivity index (χ1) is 8.88. The van der Waals surface area contributed by atoms with Gasteiger partial charge in [0.15, 0.2) is 0 Å². The lowest BCUT2D eigenvalue weighted by Gasteiger charge is -2.12. The Morgan fingerprint density at radius 2 is 2.00 bits per heavy atom. The Labute approximate surface area is 125 Å². The molecule has 100 valence electrons. The molecule has 0 amide bonds. The van der Waals surface area contributed by atoms with Gasteiger partial charge in [0.2, 0.25) is 0 Å². The molecule has 1 aromatic carbocycles. The van der Waals surface area contributed by atoms with E-state index in [1.807, 2.05) is 22.6 Å². The van der Waals surface area contributed by atoms with Crippen LogP contribution in [-0.2, 0) is 6.18 Å². The van der Waals surface area contributed by atoms with Crippen LogP contribution in [0.15, 0.2) is 30.7 Å². The van der Waals surface area contributed by atoms with Crippen molar-refractivity contribution >= 4 is 45.7 Å². The second kappa shape index (κ2) is 5.49. The first-order valence-electron chi connectivity index (χ1n) is 4.97. The highest BCUT2D eigenvalue weighted by atomic mass is 127. The molecule has 19 heavy (non-hydrogen) atoms. The van der Waals surface area contributed by atoms with E-state index in [2.05, 4.69) is 15.3 Å². The van der Waals surface area contributed by atoms with Crippen molar-refractivity contribution in [2.75, 3.05) is 5.32 Å². The maximum Gasteiger partial charge on any atom is 0.416 e. The molecule has 0 unspecified atom stereocenters. The number of halogens is 5. The normalized spacial score (nSPS) is 11.4. The van der Waals surface area contributed by atoms with E-state index in [4.69, 9.17) is 11.6 Å². The largest absolute Gasteiger partial charge is 0.416 e. The molecule has 2 aromatic rings. The Morgan fingerprint density at radius 3 is 2.63 bits per heavy atom. The summed E-state index contributed by atoms with van der Waals surface area (Å²) in [7, 11) is 0. The van der Waals surface area contributed by atoms with Crippen LogP contribution < -0.4 is 5.32 Å². The maximum atomic E-state index is 12.6. The molecule has 1 aromatic heterocycles. The van der Waals surface area contributed by atoms with Gasteiger partial charge in [-0.3, -0.25) is 0 Å². The number of rotatable bonds is 2. The number of nitrogens with one attached hydrogen (secondary N) is 1. The summed E-state index contributed by atoms with van der Waals surface area (Å²) < 4.78 is 38.5. The predicted octanol–water partition coefficient (Wildman–Crippen LogP) is 4.50. The minimum Gasteiger partial charge on any atom is -0.338 e. The molecule has 0 aliphatic rings. The van der Waals surface area contributed by atoms with Crippen molar-refractivity contribution < 1.29 is 13.2 Å². The summed E-state index contributed by atoms with van der Waals surface area (Å²) in [6.45, 7) is 0. The first kappa shape index (κ1) is 14.3. The molecule has 0 spiro atoms. The van der Waals surface area contributed by atoms with Crippen molar-refractivity contribution in [1.29, 1.82) is 0 Å². The monoisotopic (exact) mass is 399 g/mol. The maximum absolute atomic E-state index is 12.6. The van der Waals surface area contributed by atoms with Gasteiger partial charge < -0.3 is 5.32 Å². The van der Waals surface area contributed by atoms with Crippen molar-refractivity contribution in [1.82, 2.24) is 9.97 Å². The molecule has 1 N–H and O–H groups in total. The average molecular weight is 400 g/mol. The number of benzene rings is 1. The van der Waals surface area contributed by atoms with Crippen molar-refractivity contribution in [3.05, 3.63) is 44.9 Å². The molecule has 0 saturated heterocycles. The molecule has 2 rings (SSSR count). The molecule has 0 fully saturated rings. The van der Waals surface area contributed by atoms with Crippen LogP contribution in [-0.4, -0.2) is 9.97 Å². The molecule has 8 heteroatoms. The smallest absolute Gasteiger partial charge is 0.338 e. The van der Waals surface area contributed by atoms with Crippen LogP contribution in [0.3, 0.4) is 0 Å². The molecular weight excluding hydrogens is 393 g/mol. The van der Waals surface area contributed by atoms with Gasteiger partial charge in [-0.15, -0.1) is 0 Å². The van der Waals surface area contributed by atoms with Crippen LogP contribution in [0.2, 0.25) is 5.02 Å². The van der Waals surface area contributed by atoms with Gasteiger partial charge in [-0.25, -0.2) is 9.97 Å². The van der Waals surface area contributed by atoms with E-state index < -0.39 is 11.7 Å². The summed E-state index contributed by atoms with van der Waals surface area (Å²) >= 11 is 7.84. The molecule has 0 saturated carbocycles. The first-order valence-corrected chi connectivity index (χ1v) is 6.43. The number of alkyl halides is 3. The molecule has 0 atom stereocenters. The third kappa shape index (κ3) is 3.47. The lowest BCUT2D eigenvalue weighted by molar-refractivity contribution is -0.137. The van der Waals surface area contributed by atoms with Crippen molar-refractivity contribution in [3.63, 3.8) is 0 Å². The average Bonchev–Trinajstić information content (AvgIpc) is 2.33. The van der Waals surface area contributed by atoms with Crippen LogP contribution in [0.4, 0.5) is 24.7 Å². The summed E-state index contributed by atoms with van der Waals surface area (Å²) in [6.07, 6.45) is -1.58. The summed E-state index contributed by atoms with van der Waals surface area (Å²) in [5.41, 5.74) is -0.628. The fourth-order valence-corrected chi connectivity index (χ4v) is 1.93. The Kier molecular flexibility index (Phi) is 4.14. The Balaban J connectivity index is 2.38. The van der Waals surface area contributed by atoms with Gasteiger partial charge in [-0.05, 0) is 40.8 Å². The van der Waals surface area contributed by atoms with Crippen LogP contribution in [0.1, 0.15) is 5.56 Å². The van der Waals surface area contributed by atoms with Gasteiger partial charge in [0, 0.05) is 6.20 Å². The van der Waals surface area contributed by atoms with Crippen LogP contribution >= 0.6 is 34.2 Å². The van der Waals surface area contributed by atoms with Crippen molar-refractivity contribution in [2.45, 2.75) is 6.18 Å². The molecule has 3 nitrogen and oxygen atoms in total. The summed E-state index contributed by atoms with van der Waals surface area (Å²) in [4.78, 5) is 7.73. The Bertz CT molecular complexity index is 604. The van der Waals surface area contributed by atoms with Gasteiger partial charge in [-0.2, -0.15) is 13.2 Å². The molecule has 0 bridgehead atoms. The minimum atomic E-state index is -4.42. The van der Waals surface area contributed by atoms with Gasteiger partial charge in [0.05, 0.1) is 19.8 Å². The highest BCUT2D eigenvalue weighted by molar-refractivity contribution is 14.1. The SMILES string of the molecule is FC(F)(F)c1ccc(Cl)c(Nc2ncncc2I)c1. The summed E-state index contributed by atoms with van der Waals surface area (Å²) in [5, 5.41) is 2.95. The number of hydrogen-bond acceptors (Lipinski definition) is 3. The molecular formula is C11H6ClF3IN3. The third-order valence-corrected chi connectivity index (χ3v) is 3.33. The lowest BCUT2D eigenvalue weighted by atomic mass is 10.2. The third-order valence-electron chi connectivity index (χ3n) is 2.21. The van der Waals surface area contributed by atoms with E-state index in [0.29, 0.717) is 9.39 Å². The van der Waals surface area contributed by atoms with Crippen molar-refractivity contribution in [3.8, 4) is 0 Å². The van der Waals surface area contributed by atoms with Gasteiger partial charge in [-0.1, -0.05) is 11.6 Å². The van der Waals surface area contributed by atoms with E-state index in [-0.39, 0.29) is 10.7 Å². The van der Waals surface area contributed by atoms with E-state index in [9.17, 15) is 13.2 Å². The molecule has 0 aliphatic heterocycles. The zero-order valence-corrected chi connectivity index (χ0v) is 12.1. The van der Waals surface area contributed by atoms with Crippen molar-refractivity contribution in [2.24, 2.45) is 0 Å². The van der Waals surface area contributed by atoms with Gasteiger partial charge in [0.25, 0.3) is 0 Å².